The quantitative estimate of drug-likeness (QED) is 0.383. The van der Waals surface area contributed by atoms with Gasteiger partial charge in [-0.25, -0.2) is 4.58 Å². The van der Waals surface area contributed by atoms with Gasteiger partial charge in [0, 0.05) is 11.0 Å². The average molecular weight is 261 g/mol. The number of halogens is 4. The lowest BCUT2D eigenvalue weighted by Crippen LogP contribution is -2.35. The van der Waals surface area contributed by atoms with E-state index in [9.17, 15) is 17.3 Å². The molecule has 1 heterocycles. The maximum atomic E-state index is 9.75. The van der Waals surface area contributed by atoms with Gasteiger partial charge in [0.15, 0.2) is 12.8 Å². The van der Waals surface area contributed by atoms with Crippen molar-refractivity contribution < 1.29 is 21.8 Å². The standard InChI is InChI=1S/C12H16N.BF4/c1-12(2)9-13(3)8-10-6-4-5-7-11(10)12;2-1(3,4)5/h4-8H,9H2,1-3H3;/q+1;-1. The third kappa shape index (κ3) is 4.51. The van der Waals surface area contributed by atoms with Gasteiger partial charge in [0.2, 0.25) is 0 Å². The van der Waals surface area contributed by atoms with Crippen LogP contribution in [0.1, 0.15) is 25.0 Å². The van der Waals surface area contributed by atoms with Gasteiger partial charge in [-0.05, 0) is 25.5 Å². The van der Waals surface area contributed by atoms with Gasteiger partial charge < -0.3 is 17.3 Å². The van der Waals surface area contributed by atoms with E-state index in [1.165, 1.54) is 11.1 Å². The van der Waals surface area contributed by atoms with Gasteiger partial charge in [-0.1, -0.05) is 18.2 Å². The predicted octanol–water partition coefficient (Wildman–Crippen LogP) is 3.34. The lowest BCUT2D eigenvalue weighted by molar-refractivity contribution is -0.503. The van der Waals surface area contributed by atoms with Crippen LogP contribution in [0.25, 0.3) is 0 Å². The Balaban J connectivity index is 0.000000280. The highest BCUT2D eigenvalue weighted by atomic mass is 19.5. The highest BCUT2D eigenvalue weighted by Gasteiger charge is 2.31. The zero-order chi connectivity index (χ0) is 14.0. The number of hydrogen-bond donors (Lipinski definition) is 0. The van der Waals surface area contributed by atoms with Crippen molar-refractivity contribution in [3.63, 3.8) is 0 Å². The summed E-state index contributed by atoms with van der Waals surface area (Å²) in [7, 11) is -3.86. The number of likely N-dealkylation sites (N-methyl/N-ethyl adjacent to an activating group) is 1. The summed E-state index contributed by atoms with van der Waals surface area (Å²) in [5, 5.41) is 0. The first-order valence-corrected chi connectivity index (χ1v) is 5.61. The third-order valence-electron chi connectivity index (χ3n) is 2.69. The number of hydrogen-bond acceptors (Lipinski definition) is 0. The van der Waals surface area contributed by atoms with Crippen LogP contribution in [0.5, 0.6) is 0 Å². The van der Waals surface area contributed by atoms with Crippen LogP contribution in [0.4, 0.5) is 17.3 Å². The lowest BCUT2D eigenvalue weighted by Gasteiger charge is -2.27. The van der Waals surface area contributed by atoms with Gasteiger partial charge in [0.1, 0.15) is 7.05 Å². The first-order chi connectivity index (χ1) is 8.09. The number of nitrogens with zero attached hydrogens (tertiary/aromatic N) is 1. The van der Waals surface area contributed by atoms with Gasteiger partial charge in [0.25, 0.3) is 0 Å². The minimum absolute atomic E-state index is 0.278. The fourth-order valence-corrected chi connectivity index (χ4v) is 2.22. The van der Waals surface area contributed by atoms with Gasteiger partial charge in [-0.2, -0.15) is 0 Å². The molecule has 6 heteroatoms. The molecule has 1 nitrogen and oxygen atoms in total. The molecule has 0 bridgehead atoms. The maximum absolute atomic E-state index is 9.75. The highest BCUT2D eigenvalue weighted by Crippen LogP contribution is 2.28. The van der Waals surface area contributed by atoms with Gasteiger partial charge in [-0.15, -0.1) is 0 Å². The first kappa shape index (κ1) is 14.7. The molecular weight excluding hydrogens is 245 g/mol. The zero-order valence-corrected chi connectivity index (χ0v) is 10.6. The molecular formula is C12H16BF4N. The summed E-state index contributed by atoms with van der Waals surface area (Å²) in [4.78, 5) is 0. The van der Waals surface area contributed by atoms with Crippen molar-refractivity contribution in [1.29, 1.82) is 0 Å². The van der Waals surface area contributed by atoms with Crippen LogP contribution >= 0.6 is 0 Å². The summed E-state index contributed by atoms with van der Waals surface area (Å²) in [6.45, 7) is 5.70. The van der Waals surface area contributed by atoms with Crippen LogP contribution in [-0.4, -0.2) is 31.6 Å². The van der Waals surface area contributed by atoms with E-state index in [1.807, 2.05) is 0 Å². The molecule has 0 spiro atoms. The Kier molecular flexibility index (Phi) is 4.19. The molecule has 1 aromatic rings. The summed E-state index contributed by atoms with van der Waals surface area (Å²) < 4.78 is 41.3. The second-order valence-corrected chi connectivity index (χ2v) is 5.01. The molecule has 0 aromatic heterocycles. The number of rotatable bonds is 0. The second kappa shape index (κ2) is 5.12. The lowest BCUT2D eigenvalue weighted by atomic mass is 9.80. The van der Waals surface area contributed by atoms with Gasteiger partial charge >= 0.3 is 7.25 Å². The van der Waals surface area contributed by atoms with Crippen LogP contribution in [0.2, 0.25) is 0 Å². The van der Waals surface area contributed by atoms with E-state index in [2.05, 4.69) is 56.0 Å². The van der Waals surface area contributed by atoms with Crippen molar-refractivity contribution >= 4 is 13.5 Å². The Morgan fingerprint density at radius 1 is 1.11 bits per heavy atom. The predicted molar refractivity (Wildman–Crippen MR) is 65.9 cm³/mol. The summed E-state index contributed by atoms with van der Waals surface area (Å²) in [5.74, 6) is 0. The normalized spacial score (nSPS) is 17.2. The summed E-state index contributed by atoms with van der Waals surface area (Å²) >= 11 is 0. The molecule has 2 rings (SSSR count). The molecule has 0 aliphatic carbocycles. The van der Waals surface area contributed by atoms with Crippen molar-refractivity contribution in [2.45, 2.75) is 19.3 Å². The molecule has 100 valence electrons. The first-order valence-electron chi connectivity index (χ1n) is 5.61. The third-order valence-corrected chi connectivity index (χ3v) is 2.69. The number of fused-ring (bicyclic) bond motifs is 1. The Morgan fingerprint density at radius 3 is 2.17 bits per heavy atom. The molecule has 1 aliphatic heterocycles. The SMILES string of the molecule is C[N+]1=Cc2ccccc2C(C)(C)C1.F[B-](F)(F)F. The summed E-state index contributed by atoms with van der Waals surface area (Å²) in [6, 6.07) is 8.65. The molecule has 1 aliphatic rings. The molecule has 0 amide bonds. The van der Waals surface area contributed by atoms with E-state index in [4.69, 9.17) is 0 Å². The minimum Gasteiger partial charge on any atom is -0.418 e. The van der Waals surface area contributed by atoms with Crippen molar-refractivity contribution in [3.8, 4) is 0 Å². The van der Waals surface area contributed by atoms with E-state index in [0.717, 1.165) is 6.54 Å². The van der Waals surface area contributed by atoms with Crippen molar-refractivity contribution in [2.24, 2.45) is 0 Å². The van der Waals surface area contributed by atoms with Crippen LogP contribution in [-0.2, 0) is 5.41 Å². The Labute approximate surface area is 104 Å². The fraction of sp³-hybridized carbons (Fsp3) is 0.417. The smallest absolute Gasteiger partial charge is 0.418 e. The molecule has 18 heavy (non-hydrogen) atoms. The molecule has 1 aromatic carbocycles. The molecule has 0 unspecified atom stereocenters. The van der Waals surface area contributed by atoms with Crippen LogP contribution in [0.3, 0.4) is 0 Å². The Bertz CT molecular complexity index is 446. The summed E-state index contributed by atoms with van der Waals surface area (Å²) in [5.41, 5.74) is 3.11. The number of benzene rings is 1. The molecule has 0 saturated carbocycles. The van der Waals surface area contributed by atoms with Crippen molar-refractivity contribution in [1.82, 2.24) is 0 Å². The zero-order valence-electron chi connectivity index (χ0n) is 10.6. The van der Waals surface area contributed by atoms with Gasteiger partial charge in [0.05, 0.1) is 0 Å². The van der Waals surface area contributed by atoms with Crippen LogP contribution < -0.4 is 0 Å². The molecule has 0 saturated heterocycles. The van der Waals surface area contributed by atoms with Crippen LogP contribution in [0, 0.1) is 0 Å². The topological polar surface area (TPSA) is 3.01 Å². The van der Waals surface area contributed by atoms with Crippen LogP contribution in [0.15, 0.2) is 24.3 Å². The second-order valence-electron chi connectivity index (χ2n) is 5.01. The Morgan fingerprint density at radius 2 is 1.61 bits per heavy atom. The Hall–Kier alpha value is -1.33. The summed E-state index contributed by atoms with van der Waals surface area (Å²) in [6.07, 6.45) is 2.22. The molecule has 0 radical (unpaired) electrons. The fourth-order valence-electron chi connectivity index (χ4n) is 2.22. The van der Waals surface area contributed by atoms with Gasteiger partial charge in [-0.3, -0.25) is 0 Å². The van der Waals surface area contributed by atoms with E-state index in [1.54, 1.807) is 0 Å². The largest absolute Gasteiger partial charge is 0.673 e. The minimum atomic E-state index is -6.00. The van der Waals surface area contributed by atoms with Crippen molar-refractivity contribution in [2.75, 3.05) is 13.6 Å². The molecule has 0 fully saturated rings. The van der Waals surface area contributed by atoms with E-state index in [0.29, 0.717) is 0 Å². The van der Waals surface area contributed by atoms with E-state index >= 15 is 0 Å². The van der Waals surface area contributed by atoms with E-state index < -0.39 is 7.25 Å². The monoisotopic (exact) mass is 261 g/mol. The van der Waals surface area contributed by atoms with Crippen molar-refractivity contribution in [3.05, 3.63) is 35.4 Å². The highest BCUT2D eigenvalue weighted by molar-refractivity contribution is 6.50. The average Bonchev–Trinajstić information content (AvgIpc) is 2.13. The van der Waals surface area contributed by atoms with E-state index in [-0.39, 0.29) is 5.41 Å². The molecule has 0 atom stereocenters. The molecule has 0 N–H and O–H groups in total. The maximum Gasteiger partial charge on any atom is 0.673 e.